The van der Waals surface area contributed by atoms with Crippen LogP contribution in [0.1, 0.15) is 95.5 Å². The second kappa shape index (κ2) is 10.9. The molecule has 0 spiro atoms. The van der Waals surface area contributed by atoms with Gasteiger partial charge in [0.05, 0.1) is 0 Å². The number of benzene rings is 2. The van der Waals surface area contributed by atoms with Crippen molar-refractivity contribution in [3.63, 3.8) is 0 Å². The summed E-state index contributed by atoms with van der Waals surface area (Å²) in [5, 5.41) is 0. The molecule has 0 N–H and O–H groups in total. The first-order chi connectivity index (χ1) is 15.5. The highest BCUT2D eigenvalue weighted by Crippen LogP contribution is 2.40. The lowest BCUT2D eigenvalue weighted by atomic mass is 9.74. The fourth-order valence-electron chi connectivity index (χ4n) is 6.14. The number of hydrogen-bond acceptors (Lipinski definition) is 0. The average molecular weight is 443 g/mol. The van der Waals surface area contributed by atoms with E-state index in [4.69, 9.17) is 0 Å². The maximum atomic E-state index is 13.5. The van der Waals surface area contributed by atoms with Gasteiger partial charge in [-0.1, -0.05) is 82.6 Å². The van der Waals surface area contributed by atoms with E-state index in [9.17, 15) is 13.2 Å². The summed E-state index contributed by atoms with van der Waals surface area (Å²) >= 11 is 0. The minimum Gasteiger partial charge on any atom is -0.204 e. The fourth-order valence-corrected chi connectivity index (χ4v) is 6.14. The third-order valence-electron chi connectivity index (χ3n) is 8.19. The van der Waals surface area contributed by atoms with Crippen LogP contribution in [0.15, 0.2) is 36.4 Å². The molecule has 0 atom stereocenters. The summed E-state index contributed by atoms with van der Waals surface area (Å²) in [6.45, 7) is 2.31. The van der Waals surface area contributed by atoms with Crippen LogP contribution in [0.25, 0.3) is 11.1 Å². The van der Waals surface area contributed by atoms with Crippen LogP contribution < -0.4 is 0 Å². The molecule has 0 bridgehead atoms. The largest absolute Gasteiger partial charge is 0.204 e. The average Bonchev–Trinajstić information content (AvgIpc) is 2.82. The monoisotopic (exact) mass is 442 g/mol. The fraction of sp³-hybridized carbons (Fsp3) is 0.586. The van der Waals surface area contributed by atoms with Gasteiger partial charge in [-0.2, -0.15) is 0 Å². The Morgan fingerprint density at radius 2 is 1.09 bits per heavy atom. The van der Waals surface area contributed by atoms with Gasteiger partial charge >= 0.3 is 0 Å². The van der Waals surface area contributed by atoms with Crippen LogP contribution in [-0.4, -0.2) is 0 Å². The minimum atomic E-state index is -1.41. The SMILES string of the molecule is CCC[C@H]1CC[C@H](CC[C@H]2CC[C@H](c3ccc(-c4cc(F)c(F)c(F)c4)cc3)CC2)CC1. The van der Waals surface area contributed by atoms with Crippen molar-refractivity contribution in [1.29, 1.82) is 0 Å². The first-order valence-corrected chi connectivity index (χ1v) is 12.8. The number of hydrogen-bond donors (Lipinski definition) is 0. The second-order valence-corrected chi connectivity index (χ2v) is 10.3. The molecule has 0 radical (unpaired) electrons. The Hall–Kier alpha value is -1.77. The second-order valence-electron chi connectivity index (χ2n) is 10.3. The molecule has 2 aromatic carbocycles. The summed E-state index contributed by atoms with van der Waals surface area (Å²) in [4.78, 5) is 0. The highest BCUT2D eigenvalue weighted by molar-refractivity contribution is 5.64. The predicted molar refractivity (Wildman–Crippen MR) is 126 cm³/mol. The molecule has 0 aromatic heterocycles. The summed E-state index contributed by atoms with van der Waals surface area (Å²) in [7, 11) is 0. The van der Waals surface area contributed by atoms with Crippen molar-refractivity contribution >= 4 is 0 Å². The van der Waals surface area contributed by atoms with Gasteiger partial charge in [0.1, 0.15) is 0 Å². The molecular formula is C29H37F3. The van der Waals surface area contributed by atoms with Gasteiger partial charge in [0, 0.05) is 0 Å². The van der Waals surface area contributed by atoms with Crippen molar-refractivity contribution in [3.05, 3.63) is 59.4 Å². The van der Waals surface area contributed by atoms with E-state index in [0.29, 0.717) is 17.0 Å². The Bertz CT molecular complexity index is 833. The summed E-state index contributed by atoms with van der Waals surface area (Å²) in [5.74, 6) is -0.275. The molecule has 2 fully saturated rings. The van der Waals surface area contributed by atoms with Crippen LogP contribution in [0.3, 0.4) is 0 Å². The molecule has 0 heterocycles. The van der Waals surface area contributed by atoms with Crippen molar-refractivity contribution < 1.29 is 13.2 Å². The first kappa shape index (κ1) is 23.4. The third kappa shape index (κ3) is 5.77. The highest BCUT2D eigenvalue weighted by atomic mass is 19.2. The van der Waals surface area contributed by atoms with Crippen LogP contribution >= 0.6 is 0 Å². The van der Waals surface area contributed by atoms with E-state index < -0.39 is 17.5 Å². The maximum Gasteiger partial charge on any atom is 0.194 e. The van der Waals surface area contributed by atoms with Crippen LogP contribution in [0, 0.1) is 35.2 Å². The van der Waals surface area contributed by atoms with Gasteiger partial charge in [0.25, 0.3) is 0 Å². The molecule has 174 valence electrons. The standard InChI is InChI=1S/C29H37F3/c1-2-3-20-4-6-21(7-5-20)8-9-22-10-12-23(13-11-22)24-14-16-25(17-15-24)26-18-27(30)29(32)28(31)19-26/h14-23H,2-13H2,1H3/t20-,21-,22-,23-. The number of rotatable bonds is 7. The summed E-state index contributed by atoms with van der Waals surface area (Å²) in [5.41, 5.74) is 2.40. The van der Waals surface area contributed by atoms with Crippen LogP contribution in [-0.2, 0) is 0 Å². The lowest BCUT2D eigenvalue weighted by molar-refractivity contribution is 0.224. The van der Waals surface area contributed by atoms with Crippen molar-refractivity contribution in [2.45, 2.75) is 89.9 Å². The first-order valence-electron chi connectivity index (χ1n) is 12.8. The van der Waals surface area contributed by atoms with Crippen molar-refractivity contribution in [3.8, 4) is 11.1 Å². The molecule has 0 saturated heterocycles. The van der Waals surface area contributed by atoms with Gasteiger partial charge in [-0.25, -0.2) is 13.2 Å². The van der Waals surface area contributed by atoms with Crippen molar-refractivity contribution in [2.75, 3.05) is 0 Å². The van der Waals surface area contributed by atoms with Gasteiger partial charge in [-0.3, -0.25) is 0 Å². The Labute approximate surface area is 191 Å². The minimum absolute atomic E-state index is 0.375. The van der Waals surface area contributed by atoms with E-state index in [1.807, 2.05) is 12.1 Å². The van der Waals surface area contributed by atoms with Gasteiger partial charge in [-0.05, 0) is 78.2 Å². The highest BCUT2D eigenvalue weighted by Gasteiger charge is 2.25. The maximum absolute atomic E-state index is 13.5. The molecule has 2 aliphatic rings. The smallest absolute Gasteiger partial charge is 0.194 e. The molecule has 2 aromatic rings. The normalized spacial score (nSPS) is 26.2. The van der Waals surface area contributed by atoms with E-state index >= 15 is 0 Å². The Morgan fingerprint density at radius 3 is 1.59 bits per heavy atom. The summed E-state index contributed by atoms with van der Waals surface area (Å²) in [6, 6.07) is 10.1. The molecule has 32 heavy (non-hydrogen) atoms. The zero-order chi connectivity index (χ0) is 22.5. The molecule has 3 heteroatoms. The molecule has 2 saturated carbocycles. The lowest BCUT2D eigenvalue weighted by Crippen LogP contribution is -2.17. The van der Waals surface area contributed by atoms with E-state index in [0.717, 1.165) is 29.9 Å². The van der Waals surface area contributed by atoms with Crippen LogP contribution in [0.2, 0.25) is 0 Å². The molecule has 4 rings (SSSR count). The molecular weight excluding hydrogens is 405 g/mol. The van der Waals surface area contributed by atoms with Crippen molar-refractivity contribution in [2.24, 2.45) is 17.8 Å². The molecule has 0 nitrogen and oxygen atoms in total. The van der Waals surface area contributed by atoms with Gasteiger partial charge in [0.15, 0.2) is 17.5 Å². The van der Waals surface area contributed by atoms with E-state index in [1.165, 1.54) is 82.6 Å². The predicted octanol–water partition coefficient (Wildman–Crippen LogP) is 9.43. The molecule has 0 unspecified atom stereocenters. The van der Waals surface area contributed by atoms with Crippen LogP contribution in [0.4, 0.5) is 13.2 Å². The molecule has 0 amide bonds. The Kier molecular flexibility index (Phi) is 7.97. The van der Waals surface area contributed by atoms with Crippen molar-refractivity contribution in [1.82, 2.24) is 0 Å². The Balaban J connectivity index is 1.24. The Morgan fingerprint density at radius 1 is 0.625 bits per heavy atom. The number of halogens is 3. The van der Waals surface area contributed by atoms with E-state index in [1.54, 1.807) is 0 Å². The van der Waals surface area contributed by atoms with Gasteiger partial charge < -0.3 is 0 Å². The quantitative estimate of drug-likeness (QED) is 0.375. The van der Waals surface area contributed by atoms with Gasteiger partial charge in [0.2, 0.25) is 0 Å². The van der Waals surface area contributed by atoms with Crippen LogP contribution in [0.5, 0.6) is 0 Å². The lowest BCUT2D eigenvalue weighted by Gasteiger charge is -2.32. The molecule has 2 aliphatic carbocycles. The summed E-state index contributed by atoms with van der Waals surface area (Å²) in [6.07, 6.45) is 16.5. The summed E-state index contributed by atoms with van der Waals surface area (Å²) < 4.78 is 40.3. The topological polar surface area (TPSA) is 0 Å². The zero-order valence-electron chi connectivity index (χ0n) is 19.4. The van der Waals surface area contributed by atoms with Gasteiger partial charge in [-0.15, -0.1) is 0 Å². The van der Waals surface area contributed by atoms with E-state index in [2.05, 4.69) is 19.1 Å². The zero-order valence-corrected chi connectivity index (χ0v) is 19.4. The third-order valence-corrected chi connectivity index (χ3v) is 8.19. The molecule has 0 aliphatic heterocycles. The van der Waals surface area contributed by atoms with E-state index in [-0.39, 0.29) is 0 Å².